The van der Waals surface area contributed by atoms with Crippen molar-refractivity contribution in [2.75, 3.05) is 0 Å². The molecule has 3 rings (SSSR count). The summed E-state index contributed by atoms with van der Waals surface area (Å²) in [6.07, 6.45) is 3.41. The van der Waals surface area contributed by atoms with Gasteiger partial charge in [0.1, 0.15) is 0 Å². The molecule has 0 saturated carbocycles. The molecule has 3 N–H and O–H groups in total. The number of benzene rings is 1. The van der Waals surface area contributed by atoms with Gasteiger partial charge in [0.2, 0.25) is 11.8 Å². The van der Waals surface area contributed by atoms with E-state index in [-0.39, 0.29) is 17.3 Å². The lowest BCUT2D eigenvalue weighted by Crippen LogP contribution is -2.01. The first-order valence-electron chi connectivity index (χ1n) is 6.68. The molecular weight excluding hydrogens is 338 g/mol. The van der Waals surface area contributed by atoms with Gasteiger partial charge in [-0.1, -0.05) is 0 Å². The Bertz CT molecular complexity index is 706. The van der Waals surface area contributed by atoms with Gasteiger partial charge in [0.25, 0.3) is 0 Å². The molecule has 0 spiro atoms. The summed E-state index contributed by atoms with van der Waals surface area (Å²) in [6, 6.07) is 4.68. The Morgan fingerprint density at radius 1 is 1.10 bits per heavy atom. The first kappa shape index (κ1) is 14.0. The van der Waals surface area contributed by atoms with Gasteiger partial charge in [-0.15, -0.1) is 0 Å². The highest BCUT2D eigenvalue weighted by Gasteiger charge is 2.25. The monoisotopic (exact) mass is 351 g/mol. The topological polar surface area (TPSA) is 82.7 Å². The van der Waals surface area contributed by atoms with Crippen LogP contribution in [0.1, 0.15) is 34.3 Å². The fraction of sp³-hybridized carbons (Fsp3) is 0.267. The highest BCUT2D eigenvalue weighted by atomic mass is 79.9. The Hall–Kier alpha value is -1.95. The third-order valence-electron chi connectivity index (χ3n) is 3.87. The maximum atomic E-state index is 11.2. The zero-order chi connectivity index (χ0) is 15.1. The Morgan fingerprint density at radius 3 is 2.19 bits per heavy atom. The lowest BCUT2D eigenvalue weighted by atomic mass is 9.95. The second kappa shape index (κ2) is 5.11. The van der Waals surface area contributed by atoms with E-state index in [9.17, 15) is 20.1 Å². The molecule has 0 atom stereocenters. The van der Waals surface area contributed by atoms with Crippen LogP contribution in [0.15, 0.2) is 22.7 Å². The summed E-state index contributed by atoms with van der Waals surface area (Å²) < 4.78 is 1.77. The molecule has 0 bridgehead atoms. The largest absolute Gasteiger partial charge is 0.494 e. The fourth-order valence-electron chi connectivity index (χ4n) is 2.83. The summed E-state index contributed by atoms with van der Waals surface area (Å²) in [5, 5.41) is 29.9. The van der Waals surface area contributed by atoms with E-state index >= 15 is 0 Å². The molecule has 2 aromatic rings. The Labute approximate surface area is 129 Å². The molecule has 0 unspecified atom stereocenters. The van der Waals surface area contributed by atoms with E-state index in [1.165, 1.54) is 10.6 Å². The van der Waals surface area contributed by atoms with E-state index in [2.05, 4.69) is 15.9 Å². The third kappa shape index (κ3) is 2.19. The summed E-state index contributed by atoms with van der Waals surface area (Å²) in [6.45, 7) is 0. The molecule has 1 aliphatic rings. The number of halogens is 1. The second-order valence-corrected chi connectivity index (χ2v) is 5.97. The number of rotatable bonds is 2. The van der Waals surface area contributed by atoms with Crippen LogP contribution in [-0.4, -0.2) is 25.9 Å². The molecule has 0 amide bonds. The highest BCUT2D eigenvalue weighted by molar-refractivity contribution is 9.10. The number of nitrogens with zero attached hydrogens (tertiary/aromatic N) is 1. The number of aromatic carboxylic acids is 1. The number of fused-ring (bicyclic) bond motifs is 1. The molecule has 110 valence electrons. The van der Waals surface area contributed by atoms with E-state index in [0.717, 1.165) is 36.8 Å². The molecular formula is C15H14BrNO4. The molecule has 0 fully saturated rings. The van der Waals surface area contributed by atoms with Crippen molar-refractivity contribution in [3.8, 4) is 17.4 Å². The summed E-state index contributed by atoms with van der Waals surface area (Å²) in [5.74, 6) is -1.07. The van der Waals surface area contributed by atoms with Crippen molar-refractivity contribution >= 4 is 21.9 Å². The number of carboxylic acids is 1. The number of carboxylic acid groups (broad SMARTS) is 1. The lowest BCUT2D eigenvalue weighted by Gasteiger charge is -2.09. The number of hydrogen-bond donors (Lipinski definition) is 3. The first-order valence-corrected chi connectivity index (χ1v) is 7.47. The molecule has 1 aromatic heterocycles. The van der Waals surface area contributed by atoms with Gasteiger partial charge in [-0.05, 0) is 59.8 Å². The zero-order valence-electron chi connectivity index (χ0n) is 11.1. The van der Waals surface area contributed by atoms with Gasteiger partial charge < -0.3 is 15.3 Å². The molecule has 0 radical (unpaired) electrons. The zero-order valence-corrected chi connectivity index (χ0v) is 12.7. The summed E-state index contributed by atoms with van der Waals surface area (Å²) >= 11 is 3.18. The standard InChI is InChI=1S/C15H14BrNO4/c16-12-6-5-8(7-11(12)15(20)21)17-13(18)9-3-1-2-4-10(9)14(17)19/h5-7,18-19H,1-4H2,(H,20,21). The lowest BCUT2D eigenvalue weighted by molar-refractivity contribution is 0.0695. The smallest absolute Gasteiger partial charge is 0.336 e. The summed E-state index contributed by atoms with van der Waals surface area (Å²) in [4.78, 5) is 11.2. The van der Waals surface area contributed by atoms with Crippen molar-refractivity contribution in [2.24, 2.45) is 0 Å². The third-order valence-corrected chi connectivity index (χ3v) is 4.56. The van der Waals surface area contributed by atoms with Crippen molar-refractivity contribution < 1.29 is 20.1 Å². The summed E-state index contributed by atoms with van der Waals surface area (Å²) in [5.41, 5.74) is 2.04. The maximum Gasteiger partial charge on any atom is 0.336 e. The van der Waals surface area contributed by atoms with Gasteiger partial charge in [-0.3, -0.25) is 4.57 Å². The quantitative estimate of drug-likeness (QED) is 0.775. The van der Waals surface area contributed by atoms with Crippen LogP contribution >= 0.6 is 15.9 Å². The van der Waals surface area contributed by atoms with E-state index < -0.39 is 5.97 Å². The second-order valence-electron chi connectivity index (χ2n) is 5.12. The number of aromatic hydroxyl groups is 2. The minimum Gasteiger partial charge on any atom is -0.494 e. The Morgan fingerprint density at radius 2 is 1.67 bits per heavy atom. The van der Waals surface area contributed by atoms with Crippen LogP contribution in [0, 0.1) is 0 Å². The maximum absolute atomic E-state index is 11.2. The van der Waals surface area contributed by atoms with Crippen LogP contribution in [0.3, 0.4) is 0 Å². The van der Waals surface area contributed by atoms with Gasteiger partial charge in [0.15, 0.2) is 0 Å². The van der Waals surface area contributed by atoms with Crippen LogP contribution in [0.25, 0.3) is 5.69 Å². The number of aromatic nitrogens is 1. The van der Waals surface area contributed by atoms with E-state index in [1.54, 1.807) is 12.1 Å². The van der Waals surface area contributed by atoms with Crippen LogP contribution in [-0.2, 0) is 12.8 Å². The van der Waals surface area contributed by atoms with E-state index in [0.29, 0.717) is 10.2 Å². The average molecular weight is 352 g/mol. The Kier molecular flexibility index (Phi) is 3.41. The van der Waals surface area contributed by atoms with Crippen molar-refractivity contribution in [3.63, 3.8) is 0 Å². The molecule has 1 aliphatic carbocycles. The SMILES string of the molecule is O=C(O)c1cc(-n2c(O)c3c(c2O)CCCC3)ccc1Br. The van der Waals surface area contributed by atoms with Gasteiger partial charge in [-0.25, -0.2) is 4.79 Å². The van der Waals surface area contributed by atoms with E-state index in [1.807, 2.05) is 0 Å². The van der Waals surface area contributed by atoms with Crippen LogP contribution in [0.5, 0.6) is 11.8 Å². The van der Waals surface area contributed by atoms with Crippen LogP contribution in [0.4, 0.5) is 0 Å². The van der Waals surface area contributed by atoms with Gasteiger partial charge >= 0.3 is 5.97 Å². The first-order chi connectivity index (χ1) is 10.0. The van der Waals surface area contributed by atoms with Crippen molar-refractivity contribution in [1.29, 1.82) is 0 Å². The molecule has 6 heteroatoms. The number of carbonyl (C=O) groups is 1. The number of hydrogen-bond acceptors (Lipinski definition) is 3. The molecule has 1 heterocycles. The van der Waals surface area contributed by atoms with Crippen molar-refractivity contribution in [3.05, 3.63) is 39.4 Å². The molecule has 0 saturated heterocycles. The van der Waals surface area contributed by atoms with Crippen molar-refractivity contribution in [2.45, 2.75) is 25.7 Å². The van der Waals surface area contributed by atoms with E-state index in [4.69, 9.17) is 0 Å². The van der Waals surface area contributed by atoms with Crippen molar-refractivity contribution in [1.82, 2.24) is 4.57 Å². The predicted molar refractivity (Wildman–Crippen MR) is 80.4 cm³/mol. The van der Waals surface area contributed by atoms with Gasteiger partial charge in [0.05, 0.1) is 11.3 Å². The normalized spacial score (nSPS) is 14.0. The minimum absolute atomic E-state index is 0.000797. The molecule has 0 aliphatic heterocycles. The highest BCUT2D eigenvalue weighted by Crippen LogP contribution is 2.41. The minimum atomic E-state index is -1.07. The fourth-order valence-corrected chi connectivity index (χ4v) is 3.25. The predicted octanol–water partition coefficient (Wildman–Crippen LogP) is 3.23. The summed E-state index contributed by atoms with van der Waals surface area (Å²) in [7, 11) is 0. The van der Waals surface area contributed by atoms with Crippen LogP contribution < -0.4 is 0 Å². The Balaban J connectivity index is 2.19. The van der Waals surface area contributed by atoms with Crippen LogP contribution in [0.2, 0.25) is 0 Å². The van der Waals surface area contributed by atoms with Gasteiger partial charge in [0, 0.05) is 15.6 Å². The molecule has 5 nitrogen and oxygen atoms in total. The average Bonchev–Trinajstić information content (AvgIpc) is 2.72. The van der Waals surface area contributed by atoms with Gasteiger partial charge in [-0.2, -0.15) is 0 Å². The molecule has 1 aromatic carbocycles. The molecule has 21 heavy (non-hydrogen) atoms.